The fraction of sp³-hybridized carbons (Fsp3) is 0.227. The van der Waals surface area contributed by atoms with Crippen molar-refractivity contribution >= 4 is 29.4 Å². The van der Waals surface area contributed by atoms with Crippen LogP contribution in [0.5, 0.6) is 0 Å². The van der Waals surface area contributed by atoms with Crippen LogP contribution in [-0.2, 0) is 14.4 Å². The third-order valence-corrected chi connectivity index (χ3v) is 6.07. The number of nitrogens with zero attached hydrogens (tertiary/aromatic N) is 1. The summed E-state index contributed by atoms with van der Waals surface area (Å²) in [6.45, 7) is 1.52. The second-order valence-electron chi connectivity index (χ2n) is 7.43. The standard InChI is InChI=1S/C22H18N2O3/c1-13(25)19-17-18(20-16-10-6-5-7-14(16)11-12-23(19)20)22(27)24(21(17)26)15-8-3-2-4-9-15/h2-12,17-20H,1H3/p+1/t17-,18+,19-,20-/m1/s1. The zero-order valence-electron chi connectivity index (χ0n) is 14.8. The molecule has 0 aromatic heterocycles. The minimum atomic E-state index is -0.619. The van der Waals surface area contributed by atoms with Gasteiger partial charge >= 0.3 is 0 Å². The molecule has 2 amide bonds. The average Bonchev–Trinajstić information content (AvgIpc) is 3.16. The summed E-state index contributed by atoms with van der Waals surface area (Å²) >= 11 is 0. The van der Waals surface area contributed by atoms with Crippen LogP contribution in [0.3, 0.4) is 0 Å². The van der Waals surface area contributed by atoms with Crippen molar-refractivity contribution in [3.8, 4) is 0 Å². The summed E-state index contributed by atoms with van der Waals surface area (Å²) in [4.78, 5) is 41.4. The smallest absolute Gasteiger partial charge is 0.244 e. The zero-order chi connectivity index (χ0) is 18.7. The van der Waals surface area contributed by atoms with Gasteiger partial charge in [0.1, 0.15) is 17.9 Å². The number of amides is 2. The van der Waals surface area contributed by atoms with Crippen molar-refractivity contribution in [1.29, 1.82) is 0 Å². The molecule has 3 aliphatic rings. The highest BCUT2D eigenvalue weighted by Gasteiger charge is 2.67. The molecule has 134 valence electrons. The molecule has 1 N–H and O–H groups in total. The van der Waals surface area contributed by atoms with Crippen LogP contribution in [0.2, 0.25) is 0 Å². The molecule has 5 heteroatoms. The van der Waals surface area contributed by atoms with Gasteiger partial charge in [0, 0.05) is 12.5 Å². The molecule has 0 radical (unpaired) electrons. The monoisotopic (exact) mass is 359 g/mol. The van der Waals surface area contributed by atoms with Crippen molar-refractivity contribution in [1.82, 2.24) is 0 Å². The molecular weight excluding hydrogens is 340 g/mol. The van der Waals surface area contributed by atoms with Gasteiger partial charge in [-0.05, 0) is 23.8 Å². The maximum atomic E-state index is 13.4. The lowest BCUT2D eigenvalue weighted by molar-refractivity contribution is -0.884. The Morgan fingerprint density at radius 1 is 0.926 bits per heavy atom. The molecule has 5 rings (SSSR count). The Bertz CT molecular complexity index is 998. The predicted octanol–water partition coefficient (Wildman–Crippen LogP) is 1.37. The Balaban J connectivity index is 1.67. The van der Waals surface area contributed by atoms with E-state index in [4.69, 9.17) is 0 Å². The summed E-state index contributed by atoms with van der Waals surface area (Å²) in [7, 11) is 0. The molecule has 2 aromatic carbocycles. The first-order valence-electron chi connectivity index (χ1n) is 9.16. The van der Waals surface area contributed by atoms with E-state index in [1.165, 1.54) is 11.8 Å². The summed E-state index contributed by atoms with van der Waals surface area (Å²) in [5.74, 6) is -1.65. The Labute approximate surface area is 156 Å². The van der Waals surface area contributed by atoms with E-state index in [1.54, 1.807) is 12.1 Å². The van der Waals surface area contributed by atoms with Crippen LogP contribution in [0.25, 0.3) is 6.08 Å². The van der Waals surface area contributed by atoms with Gasteiger partial charge in [0.2, 0.25) is 11.8 Å². The highest BCUT2D eigenvalue weighted by Crippen LogP contribution is 2.44. The number of hydrogen-bond acceptors (Lipinski definition) is 3. The predicted molar refractivity (Wildman–Crippen MR) is 99.6 cm³/mol. The van der Waals surface area contributed by atoms with Crippen molar-refractivity contribution in [3.63, 3.8) is 0 Å². The molecule has 27 heavy (non-hydrogen) atoms. The summed E-state index contributed by atoms with van der Waals surface area (Å²) in [6, 6.07) is 16.2. The Hall–Kier alpha value is -3.05. The molecule has 3 heterocycles. The average molecular weight is 359 g/mol. The first-order chi connectivity index (χ1) is 13.1. The van der Waals surface area contributed by atoms with E-state index in [9.17, 15) is 14.4 Å². The normalized spacial score (nSPS) is 30.9. The van der Waals surface area contributed by atoms with Gasteiger partial charge in [-0.3, -0.25) is 19.3 Å². The van der Waals surface area contributed by atoms with E-state index in [0.29, 0.717) is 5.69 Å². The van der Waals surface area contributed by atoms with E-state index in [-0.39, 0.29) is 23.6 Å². The highest BCUT2D eigenvalue weighted by molar-refractivity contribution is 6.23. The van der Waals surface area contributed by atoms with Gasteiger partial charge in [0.25, 0.3) is 0 Å². The molecule has 0 aliphatic carbocycles. The topological polar surface area (TPSA) is 58.9 Å². The number of para-hydroxylation sites is 1. The summed E-state index contributed by atoms with van der Waals surface area (Å²) < 4.78 is 0. The van der Waals surface area contributed by atoms with Crippen molar-refractivity contribution in [2.45, 2.75) is 19.0 Å². The lowest BCUT2D eigenvalue weighted by atomic mass is 9.84. The number of rotatable bonds is 2. The van der Waals surface area contributed by atoms with Crippen LogP contribution in [0, 0.1) is 11.8 Å². The first-order valence-corrected chi connectivity index (χ1v) is 9.16. The number of hydrogen-bond donors (Lipinski definition) is 1. The minimum absolute atomic E-state index is 0.0532. The number of carbonyl (C=O) groups is 3. The first kappa shape index (κ1) is 16.1. The van der Waals surface area contributed by atoms with Crippen LogP contribution in [0.15, 0.2) is 60.8 Å². The van der Waals surface area contributed by atoms with E-state index < -0.39 is 17.9 Å². The maximum absolute atomic E-state index is 13.4. The zero-order valence-corrected chi connectivity index (χ0v) is 14.8. The fourth-order valence-corrected chi connectivity index (χ4v) is 5.05. The molecule has 5 nitrogen and oxygen atoms in total. The van der Waals surface area contributed by atoms with Gasteiger partial charge in [-0.1, -0.05) is 42.5 Å². The summed E-state index contributed by atoms with van der Waals surface area (Å²) in [6.07, 6.45) is 3.94. The molecule has 2 saturated heterocycles. The SMILES string of the molecule is CC(=O)[C@@H]1[C@@H]2C(=O)N(c3ccccc3)C(=O)[C@@H]2[C@H]2c3ccccc3C=C[NH+]12. The second-order valence-corrected chi connectivity index (χ2v) is 7.43. The van der Waals surface area contributed by atoms with Gasteiger partial charge in [0.15, 0.2) is 11.8 Å². The summed E-state index contributed by atoms with van der Waals surface area (Å²) in [5, 5.41) is 0. The number of fused-ring (bicyclic) bond motifs is 5. The van der Waals surface area contributed by atoms with Crippen molar-refractivity contribution in [3.05, 3.63) is 71.9 Å². The number of carbonyl (C=O) groups excluding carboxylic acids is 3. The minimum Gasteiger partial charge on any atom is -0.293 e. The maximum Gasteiger partial charge on any atom is 0.244 e. The summed E-state index contributed by atoms with van der Waals surface area (Å²) in [5.41, 5.74) is 2.66. The number of Topliss-reactive ketones (excluding diaryl/α,β-unsaturated/α-hetero) is 1. The molecule has 0 spiro atoms. The molecule has 0 saturated carbocycles. The Morgan fingerprint density at radius 3 is 2.33 bits per heavy atom. The lowest BCUT2D eigenvalue weighted by Gasteiger charge is -2.30. The van der Waals surface area contributed by atoms with Crippen molar-refractivity contribution < 1.29 is 19.3 Å². The molecule has 0 bridgehead atoms. The third kappa shape index (κ3) is 2.12. The lowest BCUT2D eigenvalue weighted by Crippen LogP contribution is -3.12. The van der Waals surface area contributed by atoms with E-state index in [0.717, 1.165) is 16.0 Å². The van der Waals surface area contributed by atoms with Gasteiger partial charge in [-0.25, -0.2) is 4.90 Å². The van der Waals surface area contributed by atoms with E-state index in [1.807, 2.05) is 54.7 Å². The molecule has 5 atom stereocenters. The number of benzene rings is 2. The number of quaternary nitrogens is 1. The number of imide groups is 1. The molecule has 3 aliphatic heterocycles. The third-order valence-electron chi connectivity index (χ3n) is 6.07. The van der Waals surface area contributed by atoms with Crippen molar-refractivity contribution in [2.75, 3.05) is 4.90 Å². The number of ketones is 1. The van der Waals surface area contributed by atoms with Crippen LogP contribution in [0.1, 0.15) is 24.1 Å². The van der Waals surface area contributed by atoms with Gasteiger partial charge < -0.3 is 0 Å². The molecule has 1 unspecified atom stereocenters. The van der Waals surface area contributed by atoms with Crippen molar-refractivity contribution in [2.24, 2.45) is 11.8 Å². The fourth-order valence-electron chi connectivity index (χ4n) is 5.05. The number of nitrogens with one attached hydrogen (secondary N) is 1. The molecule has 2 aromatic rings. The quantitative estimate of drug-likeness (QED) is 0.824. The Morgan fingerprint density at radius 2 is 1.59 bits per heavy atom. The van der Waals surface area contributed by atoms with Gasteiger partial charge in [-0.2, -0.15) is 0 Å². The van der Waals surface area contributed by atoms with Crippen LogP contribution in [-0.4, -0.2) is 23.6 Å². The molecular formula is C22H19N2O3+. The van der Waals surface area contributed by atoms with Crippen LogP contribution in [0.4, 0.5) is 5.69 Å². The van der Waals surface area contributed by atoms with E-state index >= 15 is 0 Å². The van der Waals surface area contributed by atoms with E-state index in [2.05, 4.69) is 0 Å². The Kier molecular flexibility index (Phi) is 3.42. The highest BCUT2D eigenvalue weighted by atomic mass is 16.2. The van der Waals surface area contributed by atoms with Crippen LogP contribution < -0.4 is 9.80 Å². The van der Waals surface area contributed by atoms with Gasteiger partial charge in [0.05, 0.1) is 11.9 Å². The molecule has 2 fully saturated rings. The number of anilines is 1. The largest absolute Gasteiger partial charge is 0.293 e. The van der Waals surface area contributed by atoms with Gasteiger partial charge in [-0.15, -0.1) is 0 Å². The van der Waals surface area contributed by atoms with Crippen LogP contribution >= 0.6 is 0 Å². The second kappa shape index (κ2) is 5.72.